The van der Waals surface area contributed by atoms with Crippen molar-refractivity contribution >= 4 is 40.0 Å². The summed E-state index contributed by atoms with van der Waals surface area (Å²) in [6.45, 7) is 3.77. The number of nitrogens with one attached hydrogen (secondary N) is 1. The highest BCUT2D eigenvalue weighted by atomic mass is 32.1. The third-order valence-electron chi connectivity index (χ3n) is 3.13. The van der Waals surface area contributed by atoms with Crippen LogP contribution < -0.4 is 5.32 Å². The SMILES string of the molecule is CCOC(=O)c1sc(NC(=O)/C=C/c2cccc([N+](=O)[O-])c2)cc1C. The number of nitro groups is 1. The summed E-state index contributed by atoms with van der Waals surface area (Å²) in [5, 5.41) is 13.9. The Kier molecular flexibility index (Phi) is 6.02. The number of thiophene rings is 1. The van der Waals surface area contributed by atoms with Gasteiger partial charge in [-0.15, -0.1) is 11.3 Å². The quantitative estimate of drug-likeness (QED) is 0.366. The number of ether oxygens (including phenoxy) is 1. The molecular weight excluding hydrogens is 344 g/mol. The van der Waals surface area contributed by atoms with Crippen LogP contribution in [0.15, 0.2) is 36.4 Å². The summed E-state index contributed by atoms with van der Waals surface area (Å²) in [4.78, 5) is 34.4. The van der Waals surface area contributed by atoms with Crippen LogP contribution in [0.2, 0.25) is 0 Å². The number of rotatable bonds is 6. The number of carbonyl (C=O) groups is 2. The molecule has 2 rings (SSSR count). The number of carbonyl (C=O) groups excluding carboxylic acids is 2. The summed E-state index contributed by atoms with van der Waals surface area (Å²) in [7, 11) is 0. The Morgan fingerprint density at radius 2 is 2.12 bits per heavy atom. The number of benzene rings is 1. The van der Waals surface area contributed by atoms with Gasteiger partial charge in [-0.25, -0.2) is 4.79 Å². The predicted octanol–water partition coefficient (Wildman–Crippen LogP) is 3.79. The first kappa shape index (κ1) is 18.3. The smallest absolute Gasteiger partial charge is 0.348 e. The molecule has 0 radical (unpaired) electrons. The number of nitrogens with zero attached hydrogens (tertiary/aromatic N) is 1. The van der Waals surface area contributed by atoms with E-state index in [1.54, 1.807) is 32.0 Å². The summed E-state index contributed by atoms with van der Waals surface area (Å²) in [5.41, 5.74) is 1.22. The topological polar surface area (TPSA) is 98.5 Å². The van der Waals surface area contributed by atoms with Crippen molar-refractivity contribution < 1.29 is 19.2 Å². The van der Waals surface area contributed by atoms with Gasteiger partial charge in [0.25, 0.3) is 5.69 Å². The number of amides is 1. The van der Waals surface area contributed by atoms with Crippen LogP contribution in [0.3, 0.4) is 0 Å². The van der Waals surface area contributed by atoms with Crippen molar-refractivity contribution in [2.45, 2.75) is 13.8 Å². The lowest BCUT2D eigenvalue weighted by molar-refractivity contribution is -0.384. The molecule has 0 aliphatic heterocycles. The van der Waals surface area contributed by atoms with E-state index in [9.17, 15) is 19.7 Å². The molecule has 0 bridgehead atoms. The van der Waals surface area contributed by atoms with E-state index in [4.69, 9.17) is 4.74 Å². The van der Waals surface area contributed by atoms with Crippen LogP contribution in [-0.2, 0) is 9.53 Å². The molecule has 0 atom stereocenters. The van der Waals surface area contributed by atoms with E-state index in [-0.39, 0.29) is 12.3 Å². The molecule has 8 heteroatoms. The number of hydrogen-bond acceptors (Lipinski definition) is 6. The molecule has 0 spiro atoms. The molecule has 1 N–H and O–H groups in total. The maximum absolute atomic E-state index is 12.0. The second kappa shape index (κ2) is 8.20. The average Bonchev–Trinajstić information content (AvgIpc) is 2.94. The normalized spacial score (nSPS) is 10.6. The van der Waals surface area contributed by atoms with Crippen LogP contribution in [0.4, 0.5) is 10.7 Å². The molecule has 0 fully saturated rings. The Balaban J connectivity index is 2.05. The van der Waals surface area contributed by atoms with E-state index < -0.39 is 16.8 Å². The Bertz CT molecular complexity index is 841. The molecule has 0 unspecified atom stereocenters. The van der Waals surface area contributed by atoms with Gasteiger partial charge in [-0.1, -0.05) is 12.1 Å². The monoisotopic (exact) mass is 360 g/mol. The van der Waals surface area contributed by atoms with Crippen LogP contribution in [-0.4, -0.2) is 23.4 Å². The van der Waals surface area contributed by atoms with Crippen molar-refractivity contribution in [3.63, 3.8) is 0 Å². The van der Waals surface area contributed by atoms with Gasteiger partial charge < -0.3 is 10.1 Å². The minimum absolute atomic E-state index is 0.0458. The zero-order valence-electron chi connectivity index (χ0n) is 13.6. The summed E-state index contributed by atoms with van der Waals surface area (Å²) in [5.74, 6) is -0.819. The number of nitro benzene ring substituents is 1. The summed E-state index contributed by atoms with van der Waals surface area (Å²) in [6, 6.07) is 7.64. The molecule has 1 heterocycles. The molecule has 0 aliphatic rings. The Labute approximate surface area is 148 Å². The Hall–Kier alpha value is -3.00. The molecule has 0 saturated heterocycles. The second-order valence-electron chi connectivity index (χ2n) is 5.02. The highest BCUT2D eigenvalue weighted by Gasteiger charge is 2.15. The van der Waals surface area contributed by atoms with Crippen molar-refractivity contribution in [3.8, 4) is 0 Å². The van der Waals surface area contributed by atoms with Crippen LogP contribution in [0.5, 0.6) is 0 Å². The zero-order chi connectivity index (χ0) is 18.4. The molecule has 7 nitrogen and oxygen atoms in total. The lowest BCUT2D eigenvalue weighted by Crippen LogP contribution is -2.06. The van der Waals surface area contributed by atoms with E-state index in [1.165, 1.54) is 24.3 Å². The van der Waals surface area contributed by atoms with E-state index >= 15 is 0 Å². The van der Waals surface area contributed by atoms with E-state index in [0.29, 0.717) is 15.4 Å². The minimum Gasteiger partial charge on any atom is -0.462 e. The molecule has 1 aromatic carbocycles. The Morgan fingerprint density at radius 3 is 2.80 bits per heavy atom. The lowest BCUT2D eigenvalue weighted by atomic mass is 10.2. The van der Waals surface area contributed by atoms with Gasteiger partial charge >= 0.3 is 5.97 Å². The molecular formula is C17H16N2O5S. The van der Waals surface area contributed by atoms with Crippen molar-refractivity contribution in [3.05, 3.63) is 62.5 Å². The van der Waals surface area contributed by atoms with Gasteiger partial charge in [-0.2, -0.15) is 0 Å². The van der Waals surface area contributed by atoms with Gasteiger partial charge in [0.15, 0.2) is 0 Å². The van der Waals surface area contributed by atoms with Crippen molar-refractivity contribution in [1.82, 2.24) is 0 Å². The highest BCUT2D eigenvalue weighted by Crippen LogP contribution is 2.27. The Morgan fingerprint density at radius 1 is 1.36 bits per heavy atom. The largest absolute Gasteiger partial charge is 0.462 e. The van der Waals surface area contributed by atoms with Gasteiger partial charge in [-0.3, -0.25) is 14.9 Å². The van der Waals surface area contributed by atoms with Crippen LogP contribution in [0.1, 0.15) is 27.7 Å². The van der Waals surface area contributed by atoms with Crippen LogP contribution >= 0.6 is 11.3 Å². The molecule has 130 valence electrons. The van der Waals surface area contributed by atoms with Gasteiger partial charge in [0.2, 0.25) is 5.91 Å². The zero-order valence-corrected chi connectivity index (χ0v) is 14.5. The predicted molar refractivity (Wildman–Crippen MR) is 95.8 cm³/mol. The molecule has 1 aromatic heterocycles. The van der Waals surface area contributed by atoms with E-state index in [0.717, 1.165) is 16.9 Å². The third-order valence-corrected chi connectivity index (χ3v) is 4.27. The van der Waals surface area contributed by atoms with Crippen molar-refractivity contribution in [1.29, 1.82) is 0 Å². The molecule has 2 aromatic rings. The maximum atomic E-state index is 12.0. The number of esters is 1. The molecule has 1 amide bonds. The summed E-state index contributed by atoms with van der Waals surface area (Å²) < 4.78 is 4.95. The van der Waals surface area contributed by atoms with E-state index in [2.05, 4.69) is 5.32 Å². The van der Waals surface area contributed by atoms with Crippen molar-refractivity contribution in [2.24, 2.45) is 0 Å². The third kappa shape index (κ3) is 4.98. The van der Waals surface area contributed by atoms with Gasteiger partial charge in [0, 0.05) is 18.2 Å². The number of aryl methyl sites for hydroxylation is 1. The summed E-state index contributed by atoms with van der Waals surface area (Å²) in [6.07, 6.45) is 2.76. The molecule has 0 saturated carbocycles. The van der Waals surface area contributed by atoms with E-state index in [1.807, 2.05) is 0 Å². The fourth-order valence-electron chi connectivity index (χ4n) is 2.02. The minimum atomic E-state index is -0.497. The first-order chi connectivity index (χ1) is 11.9. The number of non-ortho nitro benzene ring substituents is 1. The second-order valence-corrected chi connectivity index (χ2v) is 6.07. The van der Waals surface area contributed by atoms with Crippen molar-refractivity contribution in [2.75, 3.05) is 11.9 Å². The van der Waals surface area contributed by atoms with Gasteiger partial charge in [0.1, 0.15) is 4.88 Å². The number of anilines is 1. The maximum Gasteiger partial charge on any atom is 0.348 e. The van der Waals surface area contributed by atoms with Gasteiger partial charge in [0.05, 0.1) is 16.5 Å². The number of hydrogen-bond donors (Lipinski definition) is 1. The fourth-order valence-corrected chi connectivity index (χ4v) is 2.99. The molecule has 25 heavy (non-hydrogen) atoms. The lowest BCUT2D eigenvalue weighted by Gasteiger charge is -1.99. The van der Waals surface area contributed by atoms with Crippen LogP contribution in [0.25, 0.3) is 6.08 Å². The first-order valence-electron chi connectivity index (χ1n) is 7.41. The fraction of sp³-hybridized carbons (Fsp3) is 0.176. The summed E-state index contributed by atoms with van der Waals surface area (Å²) >= 11 is 1.13. The first-order valence-corrected chi connectivity index (χ1v) is 8.23. The average molecular weight is 360 g/mol. The highest BCUT2D eigenvalue weighted by molar-refractivity contribution is 7.18. The van der Waals surface area contributed by atoms with Crippen LogP contribution in [0, 0.1) is 17.0 Å². The van der Waals surface area contributed by atoms with Gasteiger partial charge in [-0.05, 0) is 37.1 Å². The molecule has 0 aliphatic carbocycles. The standard InChI is InChI=1S/C17H16N2O5S/c1-3-24-17(21)16-11(2)9-15(25-16)18-14(20)8-7-12-5-4-6-13(10-12)19(22)23/h4-10H,3H2,1-2H3,(H,18,20)/b8-7+.